The van der Waals surface area contributed by atoms with E-state index in [1.165, 1.54) is 4.90 Å². The number of piperazine rings is 1. The van der Waals surface area contributed by atoms with Gasteiger partial charge in [-0.1, -0.05) is 29.3 Å². The van der Waals surface area contributed by atoms with Crippen LogP contribution in [0.4, 0.5) is 10.5 Å². The largest absolute Gasteiger partial charge is 0.394 e. The molecule has 1 aromatic carbocycles. The summed E-state index contributed by atoms with van der Waals surface area (Å²) in [7, 11) is 0. The molecule has 10 heteroatoms. The van der Waals surface area contributed by atoms with Crippen LogP contribution < -0.4 is 16.0 Å². The number of halogens is 2. The van der Waals surface area contributed by atoms with Crippen LogP contribution in [0.2, 0.25) is 10.0 Å². The number of carbonyl (C=O) groups excluding carboxylic acids is 3. The first-order valence-corrected chi connectivity index (χ1v) is 8.39. The number of nitrogens with zero attached hydrogens (tertiary/aromatic N) is 1. The monoisotopic (exact) mass is 386 g/mol. The Bertz CT molecular complexity index is 709. The van der Waals surface area contributed by atoms with Crippen molar-refractivity contribution >= 4 is 46.7 Å². The van der Waals surface area contributed by atoms with Crippen molar-refractivity contribution in [3.63, 3.8) is 0 Å². The number of urea groups is 1. The predicted molar refractivity (Wildman–Crippen MR) is 91.5 cm³/mol. The van der Waals surface area contributed by atoms with Crippen molar-refractivity contribution in [2.24, 2.45) is 0 Å². The molecule has 0 radical (unpaired) electrons. The molecule has 0 bridgehead atoms. The normalized spacial score (nSPS) is 25.4. The van der Waals surface area contributed by atoms with Crippen LogP contribution in [-0.4, -0.2) is 59.1 Å². The molecule has 3 rings (SSSR count). The second-order valence-electron chi connectivity index (χ2n) is 5.88. The Morgan fingerprint density at radius 2 is 2.00 bits per heavy atom. The van der Waals surface area contributed by atoms with E-state index in [1.807, 2.05) is 0 Å². The molecular weight excluding hydrogens is 371 g/mol. The highest BCUT2D eigenvalue weighted by Gasteiger charge is 2.46. The summed E-state index contributed by atoms with van der Waals surface area (Å²) in [5.74, 6) is -0.691. The summed E-state index contributed by atoms with van der Waals surface area (Å²) in [6.45, 7) is -0.269. The number of hydrogen-bond acceptors (Lipinski definition) is 4. The van der Waals surface area contributed by atoms with Gasteiger partial charge in [-0.3, -0.25) is 9.59 Å². The van der Waals surface area contributed by atoms with E-state index in [1.54, 1.807) is 18.2 Å². The number of nitrogens with one attached hydrogen (secondary N) is 3. The smallest absolute Gasteiger partial charge is 0.319 e. The number of aliphatic hydroxyl groups excluding tert-OH is 1. The van der Waals surface area contributed by atoms with Gasteiger partial charge in [-0.2, -0.15) is 0 Å². The highest BCUT2D eigenvalue weighted by Crippen LogP contribution is 2.30. The number of benzene rings is 1. The van der Waals surface area contributed by atoms with E-state index in [9.17, 15) is 14.4 Å². The molecule has 134 valence electrons. The van der Waals surface area contributed by atoms with Crippen molar-refractivity contribution in [1.82, 2.24) is 15.5 Å². The minimum atomic E-state index is -0.932. The van der Waals surface area contributed by atoms with E-state index < -0.39 is 30.8 Å². The van der Waals surface area contributed by atoms with Gasteiger partial charge < -0.3 is 26.0 Å². The third-order valence-electron chi connectivity index (χ3n) is 4.22. The molecule has 4 N–H and O–H groups in total. The van der Waals surface area contributed by atoms with Crippen LogP contribution in [0.5, 0.6) is 0 Å². The van der Waals surface area contributed by atoms with Gasteiger partial charge in [0.05, 0.1) is 28.4 Å². The van der Waals surface area contributed by atoms with Crippen molar-refractivity contribution in [3.05, 3.63) is 28.2 Å². The zero-order valence-electron chi connectivity index (χ0n) is 13.0. The highest BCUT2D eigenvalue weighted by atomic mass is 35.5. The van der Waals surface area contributed by atoms with Crippen LogP contribution in [0.15, 0.2) is 18.2 Å². The molecular formula is C15H16Cl2N4O4. The van der Waals surface area contributed by atoms with Crippen LogP contribution in [0.1, 0.15) is 6.42 Å². The number of carbonyl (C=O) groups is 3. The lowest BCUT2D eigenvalue weighted by Crippen LogP contribution is -2.62. The summed E-state index contributed by atoms with van der Waals surface area (Å²) < 4.78 is 0. The molecule has 0 spiro atoms. The fourth-order valence-corrected chi connectivity index (χ4v) is 3.53. The highest BCUT2D eigenvalue weighted by molar-refractivity contribution is 6.39. The number of para-hydroxylation sites is 1. The molecule has 3 atom stereocenters. The summed E-state index contributed by atoms with van der Waals surface area (Å²) in [5, 5.41) is 17.5. The first-order valence-electron chi connectivity index (χ1n) is 7.64. The molecule has 0 aliphatic carbocycles. The Morgan fingerprint density at radius 3 is 2.64 bits per heavy atom. The molecule has 8 nitrogen and oxygen atoms in total. The van der Waals surface area contributed by atoms with Crippen molar-refractivity contribution in [3.8, 4) is 0 Å². The predicted octanol–water partition coefficient (Wildman–Crippen LogP) is 0.575. The van der Waals surface area contributed by atoms with Gasteiger partial charge in [0.15, 0.2) is 0 Å². The molecule has 0 aromatic heterocycles. The average molecular weight is 387 g/mol. The van der Waals surface area contributed by atoms with Crippen molar-refractivity contribution < 1.29 is 19.5 Å². The van der Waals surface area contributed by atoms with Crippen LogP contribution >= 0.6 is 23.2 Å². The van der Waals surface area contributed by atoms with Crippen molar-refractivity contribution in [2.75, 3.05) is 18.5 Å². The van der Waals surface area contributed by atoms with E-state index in [0.717, 1.165) is 0 Å². The van der Waals surface area contributed by atoms with Gasteiger partial charge in [0.1, 0.15) is 12.1 Å². The molecule has 2 heterocycles. The number of rotatable bonds is 3. The first kappa shape index (κ1) is 17.8. The van der Waals surface area contributed by atoms with Crippen LogP contribution in [0.3, 0.4) is 0 Å². The number of aliphatic hydroxyl groups is 1. The van der Waals surface area contributed by atoms with Gasteiger partial charge in [-0.15, -0.1) is 0 Å². The van der Waals surface area contributed by atoms with Gasteiger partial charge in [-0.25, -0.2) is 4.79 Å². The maximum Gasteiger partial charge on any atom is 0.319 e. The van der Waals surface area contributed by atoms with E-state index in [-0.39, 0.29) is 24.0 Å². The first-order chi connectivity index (χ1) is 11.9. The Morgan fingerprint density at radius 1 is 1.32 bits per heavy atom. The van der Waals surface area contributed by atoms with Gasteiger partial charge in [0.2, 0.25) is 11.8 Å². The van der Waals surface area contributed by atoms with E-state index in [0.29, 0.717) is 16.5 Å². The third kappa shape index (κ3) is 3.51. The molecule has 25 heavy (non-hydrogen) atoms. The molecule has 2 aliphatic heterocycles. The fourth-order valence-electron chi connectivity index (χ4n) is 3.04. The second kappa shape index (κ2) is 7.07. The third-order valence-corrected chi connectivity index (χ3v) is 4.85. The lowest BCUT2D eigenvalue weighted by atomic mass is 10.1. The lowest BCUT2D eigenvalue weighted by Gasteiger charge is -2.33. The summed E-state index contributed by atoms with van der Waals surface area (Å²) in [6, 6.07) is 2.32. The van der Waals surface area contributed by atoms with Crippen LogP contribution in [0.25, 0.3) is 0 Å². The lowest BCUT2D eigenvalue weighted by molar-refractivity contribution is -0.148. The zero-order chi connectivity index (χ0) is 18.1. The van der Waals surface area contributed by atoms with Gasteiger partial charge >= 0.3 is 6.03 Å². The molecule has 2 aliphatic rings. The zero-order valence-corrected chi connectivity index (χ0v) is 14.5. The Hall–Kier alpha value is -2.03. The summed E-state index contributed by atoms with van der Waals surface area (Å²) in [6.07, 6.45) is 0.291. The van der Waals surface area contributed by atoms with Gasteiger partial charge in [0, 0.05) is 6.54 Å². The topological polar surface area (TPSA) is 111 Å². The Kier molecular flexibility index (Phi) is 5.03. The van der Waals surface area contributed by atoms with E-state index in [4.69, 9.17) is 28.3 Å². The molecule has 2 saturated heterocycles. The number of hydrogen-bond donors (Lipinski definition) is 4. The number of fused-ring (bicyclic) bond motifs is 1. The van der Waals surface area contributed by atoms with Crippen LogP contribution in [-0.2, 0) is 9.59 Å². The SMILES string of the molecule is O=C(Nc1c(Cl)cccc1Cl)N[C@H]1C[C@H]2C(=O)N[C@@H](CO)C(=O)N2C1. The number of amides is 4. The molecule has 1 aromatic rings. The van der Waals surface area contributed by atoms with Gasteiger partial charge in [-0.05, 0) is 18.6 Å². The summed E-state index contributed by atoms with van der Waals surface area (Å²) in [5.41, 5.74) is 0.285. The summed E-state index contributed by atoms with van der Waals surface area (Å²) >= 11 is 12.0. The Balaban J connectivity index is 1.64. The van der Waals surface area contributed by atoms with Crippen molar-refractivity contribution in [1.29, 1.82) is 0 Å². The average Bonchev–Trinajstić information content (AvgIpc) is 2.99. The Labute approximate surface area is 153 Å². The minimum Gasteiger partial charge on any atom is -0.394 e. The maximum atomic E-state index is 12.2. The molecule has 0 unspecified atom stereocenters. The second-order valence-corrected chi connectivity index (χ2v) is 6.69. The molecule has 0 saturated carbocycles. The minimum absolute atomic E-state index is 0.192. The van der Waals surface area contributed by atoms with E-state index in [2.05, 4.69) is 16.0 Å². The van der Waals surface area contributed by atoms with Gasteiger partial charge in [0.25, 0.3) is 0 Å². The fraction of sp³-hybridized carbons (Fsp3) is 0.400. The molecule has 2 fully saturated rings. The van der Waals surface area contributed by atoms with E-state index >= 15 is 0 Å². The standard InChI is InChI=1S/C15H16Cl2N4O4/c16-8-2-1-3-9(17)12(8)20-15(25)18-7-4-11-13(23)19-10(6-22)14(24)21(11)5-7/h1-3,7,10-11,22H,4-6H2,(H,19,23)(H2,18,20,25)/t7-,10-,11-/m0/s1. The number of anilines is 1. The quantitative estimate of drug-likeness (QED) is 0.608. The maximum absolute atomic E-state index is 12.2. The molecule has 4 amide bonds. The summed E-state index contributed by atoms with van der Waals surface area (Å²) in [4.78, 5) is 37.8. The van der Waals surface area contributed by atoms with Crippen LogP contribution in [0, 0.1) is 0 Å². The van der Waals surface area contributed by atoms with Crippen molar-refractivity contribution in [2.45, 2.75) is 24.5 Å².